The summed E-state index contributed by atoms with van der Waals surface area (Å²) in [5, 5.41) is 6.18. The Balaban J connectivity index is 1.98. The molecule has 0 fully saturated rings. The van der Waals surface area contributed by atoms with Crippen LogP contribution >= 0.6 is 0 Å². The van der Waals surface area contributed by atoms with Crippen LogP contribution in [0.25, 0.3) is 11.1 Å². The van der Waals surface area contributed by atoms with Gasteiger partial charge in [-0.15, -0.1) is 0 Å². The molecule has 1 aromatic heterocycles. The van der Waals surface area contributed by atoms with Gasteiger partial charge in [-0.3, -0.25) is 9.48 Å². The topological polar surface area (TPSA) is 46.9 Å². The Kier molecular flexibility index (Phi) is 4.56. The van der Waals surface area contributed by atoms with Crippen molar-refractivity contribution < 1.29 is 18.0 Å². The van der Waals surface area contributed by atoms with E-state index in [1.807, 2.05) is 6.07 Å². The molecule has 1 heterocycles. The molecule has 0 aliphatic rings. The van der Waals surface area contributed by atoms with Gasteiger partial charge in [0.05, 0.1) is 5.56 Å². The zero-order chi connectivity index (χ0) is 18.0. The number of anilines is 1. The van der Waals surface area contributed by atoms with Gasteiger partial charge < -0.3 is 5.32 Å². The van der Waals surface area contributed by atoms with Gasteiger partial charge in [0.25, 0.3) is 12.3 Å². The Morgan fingerprint density at radius 1 is 1.16 bits per heavy atom. The number of hydrogen-bond acceptors (Lipinski definition) is 2. The van der Waals surface area contributed by atoms with Gasteiger partial charge in [-0.2, -0.15) is 5.10 Å². The van der Waals surface area contributed by atoms with Crippen molar-refractivity contribution >= 4 is 11.6 Å². The number of nitrogens with zero attached hydrogens (tertiary/aromatic N) is 2. The maximum atomic E-state index is 13.6. The van der Waals surface area contributed by atoms with E-state index in [0.29, 0.717) is 16.8 Å². The Bertz CT molecular complexity index is 907. The summed E-state index contributed by atoms with van der Waals surface area (Å²) in [6, 6.07) is 12.8. The molecule has 4 nitrogen and oxygen atoms in total. The van der Waals surface area contributed by atoms with Gasteiger partial charge >= 0.3 is 0 Å². The van der Waals surface area contributed by atoms with Crippen LogP contribution in [0, 0.1) is 5.82 Å². The number of alkyl halides is 2. The first-order valence-corrected chi connectivity index (χ1v) is 7.43. The van der Waals surface area contributed by atoms with Crippen molar-refractivity contribution in [2.75, 3.05) is 5.32 Å². The van der Waals surface area contributed by atoms with Gasteiger partial charge in [0.15, 0.2) is 0 Å². The van der Waals surface area contributed by atoms with E-state index in [1.54, 1.807) is 24.3 Å². The molecule has 1 N–H and O–H groups in total. The van der Waals surface area contributed by atoms with Crippen LogP contribution in [0.5, 0.6) is 0 Å². The van der Waals surface area contributed by atoms with E-state index in [4.69, 9.17) is 0 Å². The van der Waals surface area contributed by atoms with Gasteiger partial charge in [0.1, 0.15) is 11.5 Å². The lowest BCUT2D eigenvalue weighted by atomic mass is 10.0. The number of aromatic nitrogens is 2. The number of carbonyl (C=O) groups excluding carboxylic acids is 1. The number of rotatable bonds is 4. The average molecular weight is 345 g/mol. The van der Waals surface area contributed by atoms with Crippen molar-refractivity contribution in [3.8, 4) is 11.1 Å². The maximum absolute atomic E-state index is 13.6. The highest BCUT2D eigenvalue weighted by molar-refractivity contribution is 6.06. The minimum absolute atomic E-state index is 0.221. The summed E-state index contributed by atoms with van der Waals surface area (Å²) in [6.45, 7) is 0. The molecule has 7 heteroatoms. The van der Waals surface area contributed by atoms with Gasteiger partial charge in [0, 0.05) is 24.5 Å². The van der Waals surface area contributed by atoms with Crippen LogP contribution in [0.15, 0.2) is 54.7 Å². The molecule has 3 rings (SSSR count). The first kappa shape index (κ1) is 16.8. The van der Waals surface area contributed by atoms with Crippen LogP contribution in [0.3, 0.4) is 0 Å². The fourth-order valence-electron chi connectivity index (χ4n) is 2.51. The zero-order valence-corrected chi connectivity index (χ0v) is 13.2. The van der Waals surface area contributed by atoms with E-state index in [0.717, 1.165) is 4.68 Å². The van der Waals surface area contributed by atoms with E-state index in [9.17, 15) is 18.0 Å². The summed E-state index contributed by atoms with van der Waals surface area (Å²) >= 11 is 0. The lowest BCUT2D eigenvalue weighted by molar-refractivity contribution is 0.101. The monoisotopic (exact) mass is 345 g/mol. The summed E-state index contributed by atoms with van der Waals surface area (Å²) in [5.74, 6) is -1.20. The van der Waals surface area contributed by atoms with Gasteiger partial charge in [0.2, 0.25) is 0 Å². The Morgan fingerprint density at radius 2 is 1.88 bits per heavy atom. The summed E-state index contributed by atoms with van der Waals surface area (Å²) in [7, 11) is 1.45. The standard InChI is InChI=1S/C18H14F3N3O/c1-24-10-14(16(23-24)17(20)21)18(25)22-15-8-7-12(19)9-13(15)11-5-3-2-4-6-11/h2-10,17H,1H3,(H,22,25). The third-order valence-corrected chi connectivity index (χ3v) is 3.62. The van der Waals surface area contributed by atoms with Crippen LogP contribution in [0.4, 0.5) is 18.9 Å². The van der Waals surface area contributed by atoms with Crippen molar-refractivity contribution in [2.24, 2.45) is 7.05 Å². The molecular weight excluding hydrogens is 331 g/mol. The van der Waals surface area contributed by atoms with Crippen LogP contribution in [-0.2, 0) is 7.05 Å². The normalized spacial score (nSPS) is 10.9. The van der Waals surface area contributed by atoms with Gasteiger partial charge in [-0.25, -0.2) is 13.2 Å². The fraction of sp³-hybridized carbons (Fsp3) is 0.111. The maximum Gasteiger partial charge on any atom is 0.282 e. The quantitative estimate of drug-likeness (QED) is 0.761. The van der Waals surface area contributed by atoms with Crippen molar-refractivity contribution in [2.45, 2.75) is 6.43 Å². The van der Waals surface area contributed by atoms with E-state index >= 15 is 0 Å². The van der Waals surface area contributed by atoms with Gasteiger partial charge in [-0.1, -0.05) is 30.3 Å². The Hall–Kier alpha value is -3.09. The van der Waals surface area contributed by atoms with Crippen LogP contribution < -0.4 is 5.32 Å². The Labute approximate surface area is 141 Å². The molecule has 0 atom stereocenters. The molecule has 0 aliphatic heterocycles. The predicted octanol–water partition coefficient (Wildman–Crippen LogP) is 4.42. The van der Waals surface area contributed by atoms with Gasteiger partial charge in [-0.05, 0) is 23.8 Å². The molecule has 25 heavy (non-hydrogen) atoms. The molecule has 1 amide bonds. The summed E-state index contributed by atoms with van der Waals surface area (Å²) in [5.41, 5.74) is 0.653. The molecule has 0 spiro atoms. The second-order valence-electron chi connectivity index (χ2n) is 5.41. The summed E-state index contributed by atoms with van der Waals surface area (Å²) < 4.78 is 40.9. The first-order chi connectivity index (χ1) is 12.0. The van der Waals surface area contributed by atoms with Crippen LogP contribution in [0.2, 0.25) is 0 Å². The minimum Gasteiger partial charge on any atom is -0.321 e. The molecule has 2 aromatic carbocycles. The third-order valence-electron chi connectivity index (χ3n) is 3.62. The summed E-state index contributed by atoms with van der Waals surface area (Å²) in [4.78, 5) is 12.4. The number of benzene rings is 2. The number of aryl methyl sites for hydroxylation is 1. The van der Waals surface area contributed by atoms with E-state index in [1.165, 1.54) is 31.4 Å². The van der Waals surface area contributed by atoms with Crippen LogP contribution in [0.1, 0.15) is 22.5 Å². The largest absolute Gasteiger partial charge is 0.321 e. The first-order valence-electron chi connectivity index (χ1n) is 7.43. The molecule has 0 bridgehead atoms. The highest BCUT2D eigenvalue weighted by Gasteiger charge is 2.23. The molecule has 0 saturated carbocycles. The van der Waals surface area contributed by atoms with Crippen molar-refractivity contribution in [1.29, 1.82) is 0 Å². The van der Waals surface area contributed by atoms with Crippen LogP contribution in [-0.4, -0.2) is 15.7 Å². The lowest BCUT2D eigenvalue weighted by Crippen LogP contribution is -2.14. The molecule has 0 unspecified atom stereocenters. The van der Waals surface area contributed by atoms with Crippen molar-refractivity contribution in [3.05, 3.63) is 71.8 Å². The second-order valence-corrected chi connectivity index (χ2v) is 5.41. The number of carbonyl (C=O) groups is 1. The molecule has 0 aliphatic carbocycles. The average Bonchev–Trinajstić information content (AvgIpc) is 2.99. The zero-order valence-electron chi connectivity index (χ0n) is 13.2. The van der Waals surface area contributed by atoms with Crippen molar-refractivity contribution in [3.63, 3.8) is 0 Å². The highest BCUT2D eigenvalue weighted by Crippen LogP contribution is 2.30. The number of nitrogens with one attached hydrogen (secondary N) is 1. The highest BCUT2D eigenvalue weighted by atomic mass is 19.3. The SMILES string of the molecule is Cn1cc(C(=O)Nc2ccc(F)cc2-c2ccccc2)c(C(F)F)n1. The second kappa shape index (κ2) is 6.80. The smallest absolute Gasteiger partial charge is 0.282 e. The van der Waals surface area contributed by atoms with E-state index in [-0.39, 0.29) is 5.56 Å². The number of hydrogen-bond donors (Lipinski definition) is 1. The summed E-state index contributed by atoms with van der Waals surface area (Å²) in [6.07, 6.45) is -1.65. The molecule has 0 radical (unpaired) electrons. The molecular formula is C18H14F3N3O. The third kappa shape index (κ3) is 3.55. The van der Waals surface area contributed by atoms with E-state index in [2.05, 4.69) is 10.4 Å². The fourth-order valence-corrected chi connectivity index (χ4v) is 2.51. The van der Waals surface area contributed by atoms with E-state index < -0.39 is 23.8 Å². The lowest BCUT2D eigenvalue weighted by Gasteiger charge is -2.11. The molecule has 3 aromatic rings. The molecule has 128 valence electrons. The number of amides is 1. The molecule has 0 saturated heterocycles. The minimum atomic E-state index is -2.87. The Morgan fingerprint density at radius 3 is 2.56 bits per heavy atom. The predicted molar refractivity (Wildman–Crippen MR) is 88.0 cm³/mol. The number of halogens is 3. The van der Waals surface area contributed by atoms with Crippen molar-refractivity contribution in [1.82, 2.24) is 9.78 Å².